The van der Waals surface area contributed by atoms with Gasteiger partial charge in [-0.15, -0.1) is 0 Å². The zero-order chi connectivity index (χ0) is 22.5. The molecule has 4 aromatic carbocycles. The Morgan fingerprint density at radius 2 is 1.22 bits per heavy atom. The van der Waals surface area contributed by atoms with Crippen LogP contribution in [0.15, 0.2) is 122 Å². The topological polar surface area (TPSA) is 53.3 Å². The van der Waals surface area contributed by atoms with Gasteiger partial charge in [-0.05, 0) is 55.5 Å². The zero-order valence-corrected chi connectivity index (χ0v) is 19.0. The molecular formula is C27H20O3S2. The average molecular weight is 457 g/mol. The summed E-state index contributed by atoms with van der Waals surface area (Å²) in [5, 5.41) is 10.9. The second-order valence-corrected chi connectivity index (χ2v) is 9.44. The van der Waals surface area contributed by atoms with Crippen LogP contribution in [0.25, 0.3) is 21.9 Å². The van der Waals surface area contributed by atoms with E-state index in [4.69, 9.17) is 26.5 Å². The highest BCUT2D eigenvalue weighted by Gasteiger charge is 2.28. The van der Waals surface area contributed by atoms with Gasteiger partial charge in [0.2, 0.25) is 0 Å². The fraction of sp³-hybridized carbons (Fsp3) is 0.0370. The summed E-state index contributed by atoms with van der Waals surface area (Å²) in [4.78, 5) is 12.7. The maximum atomic E-state index is 8.89. The molecule has 1 heterocycles. The van der Waals surface area contributed by atoms with Gasteiger partial charge in [0, 0.05) is 22.8 Å². The highest BCUT2D eigenvalue weighted by molar-refractivity contribution is 7.97. The SMILES string of the molecule is CC(=O)[O-].S=c1c2ccccc2oc2ccc([S+](c3ccccc3)c3ccccc3)cc12. The van der Waals surface area contributed by atoms with Gasteiger partial charge >= 0.3 is 0 Å². The smallest absolute Gasteiger partial charge is 0.167 e. The highest BCUT2D eigenvalue weighted by Crippen LogP contribution is 2.34. The Hall–Kier alpha value is -3.41. The summed E-state index contributed by atoms with van der Waals surface area (Å²) < 4.78 is 6.96. The van der Waals surface area contributed by atoms with Crippen LogP contribution in [0.4, 0.5) is 0 Å². The summed E-state index contributed by atoms with van der Waals surface area (Å²) in [6.45, 7) is 0.972. The normalized spacial score (nSPS) is 10.7. The van der Waals surface area contributed by atoms with E-state index in [0.29, 0.717) is 0 Å². The first-order valence-corrected chi connectivity index (χ1v) is 11.7. The molecule has 1 aromatic heterocycles. The lowest BCUT2D eigenvalue weighted by molar-refractivity contribution is -0.302. The van der Waals surface area contributed by atoms with Crippen molar-refractivity contribution in [1.82, 2.24) is 0 Å². The van der Waals surface area contributed by atoms with Crippen molar-refractivity contribution >= 4 is 51.0 Å². The molecule has 0 fully saturated rings. The van der Waals surface area contributed by atoms with E-state index in [1.54, 1.807) is 0 Å². The molecule has 0 aliphatic carbocycles. The lowest BCUT2D eigenvalue weighted by Gasteiger charge is -2.09. The number of aliphatic carboxylic acids is 1. The molecular weight excluding hydrogens is 436 g/mol. The van der Waals surface area contributed by atoms with Gasteiger partial charge in [0.15, 0.2) is 14.7 Å². The second-order valence-electron chi connectivity index (χ2n) is 7.01. The van der Waals surface area contributed by atoms with E-state index < -0.39 is 5.97 Å². The molecule has 0 radical (unpaired) electrons. The van der Waals surface area contributed by atoms with Crippen LogP contribution >= 0.6 is 12.2 Å². The Morgan fingerprint density at radius 3 is 1.81 bits per heavy atom. The van der Waals surface area contributed by atoms with E-state index in [1.807, 2.05) is 24.3 Å². The van der Waals surface area contributed by atoms with Crippen LogP contribution in [0.1, 0.15) is 6.92 Å². The Labute approximate surface area is 194 Å². The summed E-state index contributed by atoms with van der Waals surface area (Å²) in [5.41, 5.74) is 1.66. The summed E-state index contributed by atoms with van der Waals surface area (Å²) in [7, 11) is -0.201. The second kappa shape index (κ2) is 9.81. The van der Waals surface area contributed by atoms with Crippen molar-refractivity contribution in [2.75, 3.05) is 0 Å². The predicted octanol–water partition coefficient (Wildman–Crippen LogP) is 6.17. The minimum Gasteiger partial charge on any atom is -0.550 e. The van der Waals surface area contributed by atoms with Crippen molar-refractivity contribution in [2.24, 2.45) is 0 Å². The van der Waals surface area contributed by atoms with E-state index in [9.17, 15) is 0 Å². The summed E-state index contributed by atoms with van der Waals surface area (Å²) in [6, 6.07) is 35.7. The molecule has 0 spiro atoms. The number of hydrogen-bond acceptors (Lipinski definition) is 4. The van der Waals surface area contributed by atoms with Crippen molar-refractivity contribution in [1.29, 1.82) is 0 Å². The molecule has 32 heavy (non-hydrogen) atoms. The molecule has 0 bridgehead atoms. The Kier molecular flexibility index (Phi) is 6.69. The van der Waals surface area contributed by atoms with Gasteiger partial charge in [-0.25, -0.2) is 0 Å². The Morgan fingerprint density at radius 1 is 0.719 bits per heavy atom. The van der Waals surface area contributed by atoms with Gasteiger partial charge in [-0.2, -0.15) is 0 Å². The molecule has 0 aliphatic rings. The molecule has 0 atom stereocenters. The van der Waals surface area contributed by atoms with Crippen LogP contribution in [0, 0.1) is 4.51 Å². The van der Waals surface area contributed by atoms with Crippen molar-refractivity contribution in [3.8, 4) is 0 Å². The first-order chi connectivity index (χ1) is 15.5. The number of carbonyl (C=O) groups excluding carboxylic acids is 1. The van der Waals surface area contributed by atoms with Gasteiger partial charge < -0.3 is 14.3 Å². The van der Waals surface area contributed by atoms with Gasteiger partial charge in [-0.1, -0.05) is 60.7 Å². The first kappa shape index (κ1) is 21.8. The third-order valence-corrected chi connectivity index (χ3v) is 7.39. The van der Waals surface area contributed by atoms with Crippen LogP contribution in [-0.2, 0) is 15.7 Å². The molecule has 3 nitrogen and oxygen atoms in total. The summed E-state index contributed by atoms with van der Waals surface area (Å²) >= 11 is 5.82. The fourth-order valence-electron chi connectivity index (χ4n) is 3.43. The predicted molar refractivity (Wildman–Crippen MR) is 130 cm³/mol. The van der Waals surface area contributed by atoms with E-state index in [1.165, 1.54) is 14.7 Å². The number of carboxylic acids is 1. The van der Waals surface area contributed by atoms with Gasteiger partial charge in [0.1, 0.15) is 11.2 Å². The Balaban J connectivity index is 0.000000567. The van der Waals surface area contributed by atoms with Gasteiger partial charge in [0.05, 0.1) is 15.4 Å². The standard InChI is InChI=1S/C25H17OS2.C2H4O2/c27-25-21-13-7-8-14-23(21)26-24-16-15-20(17-22(24)25)28(18-9-3-1-4-10-18)19-11-5-2-6-12-19;1-2(3)4/h1-17H;1H3,(H,3,4)/q+1;/p-1. The molecule has 158 valence electrons. The average Bonchev–Trinajstić information content (AvgIpc) is 2.81. The molecule has 0 amide bonds. The van der Waals surface area contributed by atoms with Crippen molar-refractivity contribution in [2.45, 2.75) is 21.6 Å². The van der Waals surface area contributed by atoms with Crippen LogP contribution in [0.5, 0.6) is 0 Å². The van der Waals surface area contributed by atoms with E-state index in [0.717, 1.165) is 33.4 Å². The van der Waals surface area contributed by atoms with E-state index in [-0.39, 0.29) is 10.9 Å². The first-order valence-electron chi connectivity index (χ1n) is 10.0. The maximum Gasteiger partial charge on any atom is 0.167 e. The number of carbonyl (C=O) groups is 1. The lowest BCUT2D eigenvalue weighted by Crippen LogP contribution is -2.16. The van der Waals surface area contributed by atoms with Crippen LogP contribution in [-0.4, -0.2) is 5.97 Å². The van der Waals surface area contributed by atoms with Crippen molar-refractivity contribution in [3.63, 3.8) is 0 Å². The van der Waals surface area contributed by atoms with E-state index >= 15 is 0 Å². The number of carboxylic acid groups (broad SMARTS) is 1. The molecule has 5 rings (SSSR count). The molecule has 5 heteroatoms. The zero-order valence-electron chi connectivity index (χ0n) is 17.4. The van der Waals surface area contributed by atoms with Crippen LogP contribution in [0.2, 0.25) is 0 Å². The molecule has 0 saturated carbocycles. The molecule has 5 aromatic rings. The number of para-hydroxylation sites is 1. The quantitative estimate of drug-likeness (QED) is 0.185. The molecule has 0 N–H and O–H groups in total. The fourth-order valence-corrected chi connectivity index (χ4v) is 5.87. The maximum absolute atomic E-state index is 8.89. The van der Waals surface area contributed by atoms with Gasteiger partial charge in [0.25, 0.3) is 0 Å². The monoisotopic (exact) mass is 456 g/mol. The molecule has 0 saturated heterocycles. The largest absolute Gasteiger partial charge is 0.550 e. The summed E-state index contributed by atoms with van der Waals surface area (Å²) in [6.07, 6.45) is 0. The third kappa shape index (κ3) is 4.74. The van der Waals surface area contributed by atoms with Crippen molar-refractivity contribution in [3.05, 3.63) is 108 Å². The minimum absolute atomic E-state index is 0.201. The molecule has 0 unspecified atom stereocenters. The number of hydrogen-bond donors (Lipinski definition) is 0. The number of rotatable bonds is 3. The number of fused-ring (bicyclic) bond motifs is 2. The third-order valence-electron chi connectivity index (χ3n) is 4.74. The summed E-state index contributed by atoms with van der Waals surface area (Å²) in [5.74, 6) is -1.08. The lowest BCUT2D eigenvalue weighted by atomic mass is 10.1. The number of benzene rings is 4. The highest BCUT2D eigenvalue weighted by atomic mass is 32.2. The van der Waals surface area contributed by atoms with Gasteiger partial charge in [-0.3, -0.25) is 0 Å². The van der Waals surface area contributed by atoms with Crippen LogP contribution < -0.4 is 5.11 Å². The van der Waals surface area contributed by atoms with E-state index in [2.05, 4.69) is 78.9 Å². The Bertz CT molecular complexity index is 1380. The molecule has 0 aliphatic heterocycles. The minimum atomic E-state index is -1.08. The van der Waals surface area contributed by atoms with Crippen LogP contribution in [0.3, 0.4) is 0 Å². The van der Waals surface area contributed by atoms with Crippen molar-refractivity contribution < 1.29 is 14.3 Å².